The zero-order valence-electron chi connectivity index (χ0n) is 16.5. The van der Waals surface area contributed by atoms with Gasteiger partial charge in [-0.25, -0.2) is 4.99 Å². The second-order valence-electron chi connectivity index (χ2n) is 7.00. The van der Waals surface area contributed by atoms with Crippen molar-refractivity contribution in [2.24, 2.45) is 22.4 Å². The summed E-state index contributed by atoms with van der Waals surface area (Å²) in [6.45, 7) is 9.55. The van der Waals surface area contributed by atoms with Crippen molar-refractivity contribution >= 4 is 23.4 Å². The number of anilines is 1. The van der Waals surface area contributed by atoms with Crippen molar-refractivity contribution in [2.45, 2.75) is 26.2 Å². The number of aromatic nitrogens is 1. The van der Waals surface area contributed by atoms with Gasteiger partial charge in [0.2, 0.25) is 5.91 Å². The lowest BCUT2D eigenvalue weighted by molar-refractivity contribution is -0.122. The van der Waals surface area contributed by atoms with Gasteiger partial charge in [0.1, 0.15) is 5.82 Å². The summed E-state index contributed by atoms with van der Waals surface area (Å²) < 4.78 is 0. The van der Waals surface area contributed by atoms with Gasteiger partial charge < -0.3 is 16.8 Å². The second kappa shape index (κ2) is 8.99. The first-order valence-corrected chi connectivity index (χ1v) is 9.01. The number of nitrogens with one attached hydrogen (secondary N) is 1. The molecule has 0 aliphatic rings. The number of carbonyl (C=O) groups excluding carboxylic acids is 1. The Labute approximate surface area is 166 Å². The minimum atomic E-state index is -0.714. The fourth-order valence-corrected chi connectivity index (χ4v) is 2.80. The zero-order chi connectivity index (χ0) is 20.7. The van der Waals surface area contributed by atoms with Crippen LogP contribution >= 0.6 is 0 Å². The van der Waals surface area contributed by atoms with Crippen LogP contribution in [0.1, 0.15) is 31.9 Å². The first-order chi connectivity index (χ1) is 13.3. The molecule has 1 amide bonds. The summed E-state index contributed by atoms with van der Waals surface area (Å²) in [7, 11) is 0. The Morgan fingerprint density at radius 1 is 1.21 bits per heavy atom. The standard InChI is InChI=1S/C22H27N5O/c1-15(2)22(4,21(28)27-20-9-11-25-12-10-20)19-7-5-17(6-8-19)18(13-23)14-26-16(3)24/h5-15H,3,23-24H2,1-2,4H3,(H,25,27,28)/b18-13+,26-14?. The quantitative estimate of drug-likeness (QED) is 0.643. The highest BCUT2D eigenvalue weighted by molar-refractivity contribution is 6.10. The van der Waals surface area contributed by atoms with E-state index in [1.165, 1.54) is 6.20 Å². The number of rotatable bonds is 7. The van der Waals surface area contributed by atoms with Crippen LogP contribution in [0.5, 0.6) is 0 Å². The zero-order valence-corrected chi connectivity index (χ0v) is 16.5. The van der Waals surface area contributed by atoms with E-state index < -0.39 is 5.41 Å². The molecule has 1 atom stereocenters. The van der Waals surface area contributed by atoms with E-state index in [-0.39, 0.29) is 17.6 Å². The predicted octanol–water partition coefficient (Wildman–Crippen LogP) is 3.43. The van der Waals surface area contributed by atoms with Crippen molar-refractivity contribution in [3.8, 4) is 0 Å². The molecule has 28 heavy (non-hydrogen) atoms. The van der Waals surface area contributed by atoms with Crippen LogP contribution in [0.2, 0.25) is 0 Å². The molecule has 0 saturated carbocycles. The SMILES string of the molecule is C=C(N)N=C/C(=C\N)c1ccc(C(C)(C(=O)Nc2ccncc2)C(C)C)cc1. The largest absolute Gasteiger partial charge is 0.404 e. The fourth-order valence-electron chi connectivity index (χ4n) is 2.80. The molecule has 0 aliphatic carbocycles. The highest BCUT2D eigenvalue weighted by atomic mass is 16.2. The van der Waals surface area contributed by atoms with Crippen LogP contribution in [0, 0.1) is 5.92 Å². The van der Waals surface area contributed by atoms with Gasteiger partial charge in [-0.1, -0.05) is 44.7 Å². The number of allylic oxidation sites excluding steroid dienone is 1. The summed E-state index contributed by atoms with van der Waals surface area (Å²) in [5, 5.41) is 2.99. The Morgan fingerprint density at radius 2 is 1.82 bits per heavy atom. The van der Waals surface area contributed by atoms with E-state index >= 15 is 0 Å². The number of carbonyl (C=O) groups is 1. The molecule has 5 N–H and O–H groups in total. The highest BCUT2D eigenvalue weighted by Gasteiger charge is 2.38. The van der Waals surface area contributed by atoms with Crippen LogP contribution in [0.15, 0.2) is 72.4 Å². The summed E-state index contributed by atoms with van der Waals surface area (Å²) in [5.41, 5.74) is 13.7. The van der Waals surface area contributed by atoms with Crippen molar-refractivity contribution in [2.75, 3.05) is 5.32 Å². The molecule has 0 fully saturated rings. The third kappa shape index (κ3) is 4.65. The predicted molar refractivity (Wildman–Crippen MR) is 115 cm³/mol. The summed E-state index contributed by atoms with van der Waals surface area (Å²) in [4.78, 5) is 21.1. The van der Waals surface area contributed by atoms with Gasteiger partial charge in [0.05, 0.1) is 5.41 Å². The van der Waals surface area contributed by atoms with Crippen LogP contribution in [0.25, 0.3) is 5.57 Å². The van der Waals surface area contributed by atoms with Crippen molar-refractivity contribution in [3.63, 3.8) is 0 Å². The van der Waals surface area contributed by atoms with Gasteiger partial charge in [-0.2, -0.15) is 0 Å². The molecule has 6 heteroatoms. The van der Waals surface area contributed by atoms with E-state index in [1.807, 2.05) is 45.0 Å². The molecule has 1 aromatic heterocycles. The lowest BCUT2D eigenvalue weighted by Gasteiger charge is -2.33. The Morgan fingerprint density at radius 3 is 2.32 bits per heavy atom. The van der Waals surface area contributed by atoms with Gasteiger partial charge in [0.25, 0.3) is 0 Å². The van der Waals surface area contributed by atoms with Crippen LogP contribution in [0.4, 0.5) is 5.69 Å². The molecule has 0 aliphatic heterocycles. The molecule has 1 aromatic carbocycles. The molecule has 2 rings (SSSR count). The van der Waals surface area contributed by atoms with Gasteiger partial charge in [-0.3, -0.25) is 9.78 Å². The highest BCUT2D eigenvalue weighted by Crippen LogP contribution is 2.34. The lowest BCUT2D eigenvalue weighted by atomic mass is 9.72. The van der Waals surface area contributed by atoms with Crippen LogP contribution in [-0.2, 0) is 10.2 Å². The number of hydrogen-bond donors (Lipinski definition) is 3. The summed E-state index contributed by atoms with van der Waals surface area (Å²) in [5.74, 6) is 0.208. The number of hydrogen-bond acceptors (Lipinski definition) is 5. The normalized spacial score (nSPS) is 14.1. The third-order valence-electron chi connectivity index (χ3n) is 4.93. The van der Waals surface area contributed by atoms with Gasteiger partial charge in [-0.15, -0.1) is 0 Å². The molecule has 2 aromatic rings. The number of nitrogens with zero attached hydrogens (tertiary/aromatic N) is 2. The van der Waals surface area contributed by atoms with Crippen LogP contribution < -0.4 is 16.8 Å². The molecular weight excluding hydrogens is 350 g/mol. The van der Waals surface area contributed by atoms with E-state index in [0.717, 1.165) is 16.8 Å². The Hall–Kier alpha value is -3.41. The van der Waals surface area contributed by atoms with E-state index in [9.17, 15) is 4.79 Å². The van der Waals surface area contributed by atoms with Gasteiger partial charge in [0, 0.05) is 36.1 Å². The maximum Gasteiger partial charge on any atom is 0.235 e. The average Bonchev–Trinajstić information content (AvgIpc) is 2.68. The van der Waals surface area contributed by atoms with E-state index in [4.69, 9.17) is 11.5 Å². The number of pyridine rings is 1. The van der Waals surface area contributed by atoms with Gasteiger partial charge >= 0.3 is 0 Å². The topological polar surface area (TPSA) is 106 Å². The molecule has 1 unspecified atom stereocenters. The summed E-state index contributed by atoms with van der Waals surface area (Å²) in [6, 6.07) is 11.3. The van der Waals surface area contributed by atoms with E-state index in [0.29, 0.717) is 5.57 Å². The monoisotopic (exact) mass is 377 g/mol. The molecule has 1 heterocycles. The van der Waals surface area contributed by atoms with Crippen LogP contribution in [-0.4, -0.2) is 17.1 Å². The Balaban J connectivity index is 2.33. The number of aliphatic imine (C=N–C) groups is 1. The molecule has 0 spiro atoms. The molecule has 0 saturated heterocycles. The summed E-state index contributed by atoms with van der Waals surface area (Å²) in [6.07, 6.45) is 6.32. The van der Waals surface area contributed by atoms with Crippen molar-refractivity contribution in [3.05, 3.63) is 78.5 Å². The first kappa shape index (κ1) is 20.9. The maximum absolute atomic E-state index is 13.1. The third-order valence-corrected chi connectivity index (χ3v) is 4.93. The molecule has 6 nitrogen and oxygen atoms in total. The van der Waals surface area contributed by atoms with Crippen LogP contribution in [0.3, 0.4) is 0 Å². The van der Waals surface area contributed by atoms with Crippen molar-refractivity contribution in [1.29, 1.82) is 0 Å². The number of benzene rings is 1. The Bertz CT molecular complexity index is 885. The minimum Gasteiger partial charge on any atom is -0.404 e. The molecule has 0 bridgehead atoms. The second-order valence-corrected chi connectivity index (χ2v) is 7.00. The number of nitrogens with two attached hydrogens (primary N) is 2. The van der Waals surface area contributed by atoms with Crippen molar-refractivity contribution in [1.82, 2.24) is 4.98 Å². The van der Waals surface area contributed by atoms with Gasteiger partial charge in [-0.05, 0) is 36.1 Å². The molecule has 0 radical (unpaired) electrons. The Kier molecular flexibility index (Phi) is 6.71. The summed E-state index contributed by atoms with van der Waals surface area (Å²) >= 11 is 0. The van der Waals surface area contributed by atoms with Gasteiger partial charge in [0.15, 0.2) is 0 Å². The molecular formula is C22H27N5O. The number of amides is 1. The molecule has 146 valence electrons. The van der Waals surface area contributed by atoms with E-state index in [1.54, 1.807) is 30.7 Å². The fraction of sp³-hybridized carbons (Fsp3) is 0.227. The smallest absolute Gasteiger partial charge is 0.235 e. The lowest BCUT2D eigenvalue weighted by Crippen LogP contribution is -2.42. The van der Waals surface area contributed by atoms with Crippen molar-refractivity contribution < 1.29 is 4.79 Å². The minimum absolute atomic E-state index is 0.0722. The maximum atomic E-state index is 13.1. The first-order valence-electron chi connectivity index (χ1n) is 9.01. The average molecular weight is 377 g/mol. The van der Waals surface area contributed by atoms with E-state index in [2.05, 4.69) is 21.9 Å².